The van der Waals surface area contributed by atoms with Crippen LogP contribution in [0.1, 0.15) is 35.4 Å². The van der Waals surface area contributed by atoms with E-state index in [1.165, 1.54) is 23.3 Å². The van der Waals surface area contributed by atoms with Crippen molar-refractivity contribution in [1.29, 1.82) is 0 Å². The van der Waals surface area contributed by atoms with E-state index in [-0.39, 0.29) is 11.7 Å². The van der Waals surface area contributed by atoms with Gasteiger partial charge in [0.05, 0.1) is 0 Å². The fourth-order valence-electron chi connectivity index (χ4n) is 3.80. The molecule has 4 aromatic rings. The zero-order valence-electron chi connectivity index (χ0n) is 17.7. The van der Waals surface area contributed by atoms with Crippen molar-refractivity contribution in [3.63, 3.8) is 0 Å². The van der Waals surface area contributed by atoms with Gasteiger partial charge in [-0.05, 0) is 55.2 Å². The van der Waals surface area contributed by atoms with E-state index in [9.17, 15) is 4.39 Å². The van der Waals surface area contributed by atoms with Crippen LogP contribution in [0.2, 0.25) is 5.02 Å². The molecule has 4 rings (SSSR count). The Labute approximate surface area is 187 Å². The second-order valence-corrected chi connectivity index (χ2v) is 8.45. The lowest BCUT2D eigenvalue weighted by atomic mass is 9.99. The second kappa shape index (κ2) is 9.44. The molecule has 0 N–H and O–H groups in total. The third kappa shape index (κ3) is 5.20. The molecule has 0 spiro atoms. The average molecular weight is 434 g/mol. The largest absolute Gasteiger partial charge is 0.310 e. The minimum atomic E-state index is -0.222. The topological polar surface area (TPSA) is 30.7 Å². The fraction of sp³-hybridized carbons (Fsp3) is 0.231. The summed E-state index contributed by atoms with van der Waals surface area (Å²) < 4.78 is 15.5. The lowest BCUT2D eigenvalue weighted by Crippen LogP contribution is -2.12. The van der Waals surface area contributed by atoms with Gasteiger partial charge in [-0.3, -0.25) is 0 Å². The highest BCUT2D eigenvalue weighted by atomic mass is 35.5. The zero-order chi connectivity index (χ0) is 21.8. The van der Waals surface area contributed by atoms with Gasteiger partial charge in [0.2, 0.25) is 0 Å². The van der Waals surface area contributed by atoms with E-state index in [4.69, 9.17) is 11.6 Å². The van der Waals surface area contributed by atoms with E-state index in [1.807, 2.05) is 36.4 Å². The molecule has 0 aliphatic carbocycles. The van der Waals surface area contributed by atoms with Gasteiger partial charge in [0.25, 0.3) is 0 Å². The minimum Gasteiger partial charge on any atom is -0.310 e. The quantitative estimate of drug-likeness (QED) is 0.327. The van der Waals surface area contributed by atoms with Gasteiger partial charge in [-0.2, -0.15) is 0 Å². The van der Waals surface area contributed by atoms with E-state index in [0.29, 0.717) is 11.6 Å². The molecule has 0 saturated heterocycles. The van der Waals surface area contributed by atoms with Gasteiger partial charge in [-0.25, -0.2) is 4.39 Å². The van der Waals surface area contributed by atoms with Crippen molar-refractivity contribution in [2.75, 3.05) is 0 Å². The molecule has 1 unspecified atom stereocenters. The smallest absolute Gasteiger partial charge is 0.164 e. The van der Waals surface area contributed by atoms with Crippen molar-refractivity contribution in [3.8, 4) is 11.4 Å². The highest BCUT2D eigenvalue weighted by molar-refractivity contribution is 6.30. The van der Waals surface area contributed by atoms with Crippen molar-refractivity contribution in [2.45, 2.75) is 39.2 Å². The van der Waals surface area contributed by atoms with Crippen molar-refractivity contribution in [3.05, 3.63) is 106 Å². The molecule has 5 heteroatoms. The van der Waals surface area contributed by atoms with Crippen LogP contribution in [0.4, 0.5) is 4.39 Å². The molecule has 158 valence electrons. The van der Waals surface area contributed by atoms with E-state index in [1.54, 1.807) is 0 Å². The highest BCUT2D eigenvalue weighted by Gasteiger charge is 2.19. The molecule has 0 saturated carbocycles. The van der Waals surface area contributed by atoms with Gasteiger partial charge in [-0.15, -0.1) is 10.2 Å². The molecule has 0 bridgehead atoms. The number of rotatable bonds is 7. The highest BCUT2D eigenvalue weighted by Crippen LogP contribution is 2.27. The fourth-order valence-corrected chi connectivity index (χ4v) is 3.99. The summed E-state index contributed by atoms with van der Waals surface area (Å²) in [5.74, 6) is 1.71. The van der Waals surface area contributed by atoms with Gasteiger partial charge < -0.3 is 4.57 Å². The summed E-state index contributed by atoms with van der Waals surface area (Å²) in [6.07, 6.45) is 1.64. The molecular weight excluding hydrogens is 409 g/mol. The molecule has 1 atom stereocenters. The summed E-state index contributed by atoms with van der Waals surface area (Å²) in [5.41, 5.74) is 4.54. The monoisotopic (exact) mass is 433 g/mol. The van der Waals surface area contributed by atoms with Gasteiger partial charge in [0.1, 0.15) is 11.6 Å². The van der Waals surface area contributed by atoms with Crippen LogP contribution < -0.4 is 0 Å². The van der Waals surface area contributed by atoms with Crippen LogP contribution in [0.15, 0.2) is 72.8 Å². The van der Waals surface area contributed by atoms with Gasteiger partial charge >= 0.3 is 0 Å². The first-order valence-corrected chi connectivity index (χ1v) is 10.9. The number of benzene rings is 3. The Hall–Kier alpha value is -2.98. The molecule has 3 aromatic carbocycles. The predicted octanol–water partition coefficient (Wildman–Crippen LogP) is 6.63. The molecule has 0 radical (unpaired) electrons. The van der Waals surface area contributed by atoms with Gasteiger partial charge in [0.15, 0.2) is 5.82 Å². The van der Waals surface area contributed by atoms with Crippen molar-refractivity contribution in [2.24, 2.45) is 0 Å². The van der Waals surface area contributed by atoms with E-state index in [2.05, 4.69) is 52.9 Å². The SMILES string of the molecule is Cc1ccc(CC(C)c2nnc(-c3cccc(Cl)c3)n2CCc2ccc(F)cc2)cc1. The van der Waals surface area contributed by atoms with Crippen LogP contribution in [-0.2, 0) is 19.4 Å². The Morgan fingerprint density at radius 3 is 2.35 bits per heavy atom. The Balaban J connectivity index is 1.65. The van der Waals surface area contributed by atoms with Crippen LogP contribution in [-0.4, -0.2) is 14.8 Å². The Morgan fingerprint density at radius 2 is 1.65 bits per heavy atom. The Kier molecular flexibility index (Phi) is 6.47. The predicted molar refractivity (Wildman–Crippen MR) is 124 cm³/mol. The third-order valence-corrected chi connectivity index (χ3v) is 5.74. The van der Waals surface area contributed by atoms with Gasteiger partial charge in [-0.1, -0.05) is 72.6 Å². The number of aryl methyl sites for hydroxylation is 2. The minimum absolute atomic E-state index is 0.191. The summed E-state index contributed by atoms with van der Waals surface area (Å²) in [6.45, 7) is 4.98. The van der Waals surface area contributed by atoms with E-state index < -0.39 is 0 Å². The number of hydrogen-bond donors (Lipinski definition) is 0. The van der Waals surface area contributed by atoms with Crippen molar-refractivity contribution < 1.29 is 4.39 Å². The maximum atomic E-state index is 13.3. The lowest BCUT2D eigenvalue weighted by molar-refractivity contribution is 0.596. The molecular formula is C26H25ClFN3. The van der Waals surface area contributed by atoms with Gasteiger partial charge in [0, 0.05) is 23.0 Å². The molecule has 1 heterocycles. The van der Waals surface area contributed by atoms with Crippen LogP contribution in [0.3, 0.4) is 0 Å². The first kappa shape index (κ1) is 21.3. The van der Waals surface area contributed by atoms with E-state index in [0.717, 1.165) is 35.6 Å². The van der Waals surface area contributed by atoms with Crippen LogP contribution in [0, 0.1) is 12.7 Å². The number of aromatic nitrogens is 3. The number of nitrogens with zero attached hydrogens (tertiary/aromatic N) is 3. The molecule has 0 amide bonds. The van der Waals surface area contributed by atoms with Crippen molar-refractivity contribution in [1.82, 2.24) is 14.8 Å². The summed E-state index contributed by atoms with van der Waals surface area (Å²) >= 11 is 6.23. The summed E-state index contributed by atoms with van der Waals surface area (Å²) in [4.78, 5) is 0. The molecule has 1 aromatic heterocycles. The molecule has 0 aliphatic heterocycles. The lowest BCUT2D eigenvalue weighted by Gasteiger charge is -2.16. The van der Waals surface area contributed by atoms with Crippen molar-refractivity contribution >= 4 is 11.6 Å². The summed E-state index contributed by atoms with van der Waals surface area (Å²) in [7, 11) is 0. The second-order valence-electron chi connectivity index (χ2n) is 8.01. The normalized spacial score (nSPS) is 12.1. The zero-order valence-corrected chi connectivity index (χ0v) is 18.5. The molecule has 31 heavy (non-hydrogen) atoms. The summed E-state index contributed by atoms with van der Waals surface area (Å²) in [5, 5.41) is 9.76. The average Bonchev–Trinajstić information content (AvgIpc) is 3.19. The maximum Gasteiger partial charge on any atom is 0.164 e. The molecule has 3 nitrogen and oxygen atoms in total. The first-order chi connectivity index (χ1) is 15.0. The third-order valence-electron chi connectivity index (χ3n) is 5.50. The van der Waals surface area contributed by atoms with Crippen LogP contribution in [0.25, 0.3) is 11.4 Å². The standard InChI is InChI=1S/C26H25ClFN3/c1-18-6-8-21(9-7-18)16-19(2)25-29-30-26(22-4-3-5-23(27)17-22)31(25)15-14-20-10-12-24(28)13-11-20/h3-13,17,19H,14-16H2,1-2H3. The molecule has 0 aliphatic rings. The maximum absolute atomic E-state index is 13.3. The van der Waals surface area contributed by atoms with Crippen LogP contribution in [0.5, 0.6) is 0 Å². The Morgan fingerprint density at radius 1 is 0.935 bits per heavy atom. The first-order valence-electron chi connectivity index (χ1n) is 10.5. The molecule has 0 fully saturated rings. The summed E-state index contributed by atoms with van der Waals surface area (Å²) in [6, 6.07) is 23.0. The Bertz CT molecular complexity index is 1150. The van der Waals surface area contributed by atoms with Crippen LogP contribution >= 0.6 is 11.6 Å². The number of hydrogen-bond acceptors (Lipinski definition) is 2. The van der Waals surface area contributed by atoms with E-state index >= 15 is 0 Å². The number of halogens is 2.